The van der Waals surface area contributed by atoms with E-state index in [1.807, 2.05) is 27.7 Å². The summed E-state index contributed by atoms with van der Waals surface area (Å²) < 4.78 is 13.1. The highest BCUT2D eigenvalue weighted by atomic mass is 19.1. The van der Waals surface area contributed by atoms with E-state index in [9.17, 15) is 4.39 Å². The van der Waals surface area contributed by atoms with Crippen LogP contribution in [0.25, 0.3) is 0 Å². The van der Waals surface area contributed by atoms with Crippen LogP contribution in [0.4, 0.5) is 4.39 Å². The zero-order chi connectivity index (χ0) is 10.4. The Morgan fingerprint density at radius 2 is 1.77 bits per heavy atom. The van der Waals surface area contributed by atoms with Crippen LogP contribution in [-0.2, 0) is 0 Å². The molecule has 0 atom stereocenters. The molecule has 0 aromatic carbocycles. The van der Waals surface area contributed by atoms with Gasteiger partial charge in [-0.3, -0.25) is 4.99 Å². The lowest BCUT2D eigenvalue weighted by Crippen LogP contribution is -1.84. The number of hydrogen-bond acceptors (Lipinski definition) is 1. The highest BCUT2D eigenvalue weighted by molar-refractivity contribution is 5.77. The lowest BCUT2D eigenvalue weighted by molar-refractivity contribution is 0.667. The Morgan fingerprint density at radius 3 is 2.15 bits per heavy atom. The second-order valence-corrected chi connectivity index (χ2v) is 3.33. The van der Waals surface area contributed by atoms with Crippen LogP contribution in [0.2, 0.25) is 0 Å². The lowest BCUT2D eigenvalue weighted by atomic mass is 10.2. The molecule has 0 aromatic heterocycles. The van der Waals surface area contributed by atoms with E-state index in [0.29, 0.717) is 0 Å². The quantitative estimate of drug-likeness (QED) is 0.586. The minimum atomic E-state index is -0.219. The van der Waals surface area contributed by atoms with Crippen molar-refractivity contribution in [1.82, 2.24) is 0 Å². The third kappa shape index (κ3) is 4.61. The van der Waals surface area contributed by atoms with Crippen LogP contribution in [-0.4, -0.2) is 6.21 Å². The first-order chi connectivity index (χ1) is 5.99. The minimum Gasteiger partial charge on any atom is -0.259 e. The van der Waals surface area contributed by atoms with Crippen molar-refractivity contribution < 1.29 is 4.39 Å². The van der Waals surface area contributed by atoms with Crippen molar-refractivity contribution in [3.05, 3.63) is 22.7 Å². The molecule has 0 rings (SSSR count). The number of hydrogen-bond donors (Lipinski definition) is 0. The average Bonchev–Trinajstić information content (AvgIpc) is 2.11. The van der Waals surface area contributed by atoms with Crippen LogP contribution in [0.5, 0.6) is 0 Å². The molecule has 0 heterocycles. The van der Waals surface area contributed by atoms with Crippen LogP contribution in [0.1, 0.15) is 41.0 Å². The smallest absolute Gasteiger partial charge is 0.140 e. The third-order valence-electron chi connectivity index (χ3n) is 2.03. The third-order valence-corrected chi connectivity index (χ3v) is 2.03. The van der Waals surface area contributed by atoms with Gasteiger partial charge in [0.1, 0.15) is 5.83 Å². The molecule has 0 radical (unpaired) electrons. The Morgan fingerprint density at radius 1 is 1.23 bits per heavy atom. The number of aliphatic imine (C=N–C) groups is 1. The molecule has 13 heavy (non-hydrogen) atoms. The molecule has 2 heteroatoms. The highest BCUT2D eigenvalue weighted by Gasteiger charge is 1.95. The molecule has 1 nitrogen and oxygen atoms in total. The summed E-state index contributed by atoms with van der Waals surface area (Å²) in [5.41, 5.74) is 2.72. The van der Waals surface area contributed by atoms with Crippen LogP contribution < -0.4 is 0 Å². The second-order valence-electron chi connectivity index (χ2n) is 3.33. The normalized spacial score (nSPS) is 13.1. The molecule has 74 valence electrons. The van der Waals surface area contributed by atoms with Gasteiger partial charge in [-0.2, -0.15) is 0 Å². The summed E-state index contributed by atoms with van der Waals surface area (Å²) in [4.78, 5) is 4.01. The SMILES string of the molecule is CC/C(C)=C(\F)C=NC(C)=C(C)C. The minimum absolute atomic E-state index is 0.219. The van der Waals surface area contributed by atoms with Crippen molar-refractivity contribution >= 4 is 6.21 Å². The zero-order valence-electron chi connectivity index (χ0n) is 9.11. The van der Waals surface area contributed by atoms with Gasteiger partial charge in [-0.25, -0.2) is 4.39 Å². The fourth-order valence-electron chi connectivity index (χ4n) is 0.562. The van der Waals surface area contributed by atoms with E-state index in [-0.39, 0.29) is 5.83 Å². The molecule has 0 aliphatic carbocycles. The van der Waals surface area contributed by atoms with Gasteiger partial charge in [0.05, 0.1) is 6.21 Å². The van der Waals surface area contributed by atoms with E-state index in [2.05, 4.69) is 4.99 Å². The number of rotatable bonds is 3. The van der Waals surface area contributed by atoms with E-state index in [1.54, 1.807) is 6.92 Å². The van der Waals surface area contributed by atoms with Gasteiger partial charge in [-0.15, -0.1) is 0 Å². The molecule has 0 unspecified atom stereocenters. The van der Waals surface area contributed by atoms with Gasteiger partial charge in [0.15, 0.2) is 0 Å². The van der Waals surface area contributed by atoms with Crippen molar-refractivity contribution in [1.29, 1.82) is 0 Å². The molecular formula is C11H18FN. The maximum absolute atomic E-state index is 13.1. The molecule has 0 saturated carbocycles. The summed E-state index contributed by atoms with van der Waals surface area (Å²) in [6.07, 6.45) is 2.02. The van der Waals surface area contributed by atoms with E-state index in [1.165, 1.54) is 6.21 Å². The predicted octanol–water partition coefficient (Wildman–Crippen LogP) is 4.02. The fraction of sp³-hybridized carbons (Fsp3) is 0.545. The fourth-order valence-corrected chi connectivity index (χ4v) is 0.562. The van der Waals surface area contributed by atoms with E-state index in [0.717, 1.165) is 23.3 Å². The molecular weight excluding hydrogens is 165 g/mol. The molecule has 0 amide bonds. The monoisotopic (exact) mass is 183 g/mol. The summed E-state index contributed by atoms with van der Waals surface area (Å²) in [6.45, 7) is 9.50. The Bertz CT molecular complexity index is 255. The van der Waals surface area contributed by atoms with Crippen LogP contribution >= 0.6 is 0 Å². The van der Waals surface area contributed by atoms with E-state index >= 15 is 0 Å². The van der Waals surface area contributed by atoms with Crippen LogP contribution in [0, 0.1) is 0 Å². The van der Waals surface area contributed by atoms with Gasteiger partial charge in [-0.05, 0) is 39.7 Å². The van der Waals surface area contributed by atoms with Crippen molar-refractivity contribution in [3.63, 3.8) is 0 Å². The highest BCUT2D eigenvalue weighted by Crippen LogP contribution is 2.09. The molecule has 0 spiro atoms. The van der Waals surface area contributed by atoms with E-state index in [4.69, 9.17) is 0 Å². The maximum Gasteiger partial charge on any atom is 0.140 e. The molecule has 0 fully saturated rings. The molecule has 0 aromatic rings. The zero-order valence-corrected chi connectivity index (χ0v) is 9.11. The summed E-state index contributed by atoms with van der Waals surface area (Å²) >= 11 is 0. The first-order valence-electron chi connectivity index (χ1n) is 4.52. The summed E-state index contributed by atoms with van der Waals surface area (Å²) in [5.74, 6) is -0.219. The van der Waals surface area contributed by atoms with Gasteiger partial charge in [0.2, 0.25) is 0 Å². The van der Waals surface area contributed by atoms with Crippen molar-refractivity contribution in [3.8, 4) is 0 Å². The number of halogens is 1. The predicted molar refractivity (Wildman–Crippen MR) is 56.6 cm³/mol. The molecule has 0 aliphatic heterocycles. The second kappa shape index (κ2) is 5.68. The summed E-state index contributed by atoms with van der Waals surface area (Å²) in [7, 11) is 0. The Labute approximate surface area is 80.1 Å². The van der Waals surface area contributed by atoms with Crippen LogP contribution in [0.3, 0.4) is 0 Å². The average molecular weight is 183 g/mol. The molecule has 0 N–H and O–H groups in total. The lowest BCUT2D eigenvalue weighted by Gasteiger charge is -1.96. The Hall–Kier alpha value is -0.920. The van der Waals surface area contributed by atoms with Crippen molar-refractivity contribution in [2.45, 2.75) is 41.0 Å². The van der Waals surface area contributed by atoms with E-state index < -0.39 is 0 Å². The molecule has 0 saturated heterocycles. The summed E-state index contributed by atoms with van der Waals surface area (Å²) in [5, 5.41) is 0. The van der Waals surface area contributed by atoms with Gasteiger partial charge >= 0.3 is 0 Å². The topological polar surface area (TPSA) is 12.4 Å². The standard InChI is InChI=1S/C11H18FN/c1-6-9(4)11(12)7-13-10(5)8(2)3/h7H,6H2,1-5H3/b11-9-,13-7?. The largest absolute Gasteiger partial charge is 0.259 e. The van der Waals surface area contributed by atoms with Crippen molar-refractivity contribution in [2.24, 2.45) is 4.99 Å². The number of allylic oxidation sites excluding steroid dienone is 4. The Kier molecular flexibility index (Phi) is 5.28. The molecule has 0 bridgehead atoms. The van der Waals surface area contributed by atoms with Gasteiger partial charge in [-0.1, -0.05) is 12.5 Å². The summed E-state index contributed by atoms with van der Waals surface area (Å²) in [6, 6.07) is 0. The number of nitrogens with zero attached hydrogens (tertiary/aromatic N) is 1. The Balaban J connectivity index is 4.55. The first kappa shape index (κ1) is 12.1. The maximum atomic E-state index is 13.1. The van der Waals surface area contributed by atoms with Gasteiger partial charge in [0.25, 0.3) is 0 Å². The molecule has 0 aliphatic rings. The van der Waals surface area contributed by atoms with Crippen molar-refractivity contribution in [2.75, 3.05) is 0 Å². The van der Waals surface area contributed by atoms with Gasteiger partial charge < -0.3 is 0 Å². The first-order valence-corrected chi connectivity index (χ1v) is 4.52. The van der Waals surface area contributed by atoms with Gasteiger partial charge in [0, 0.05) is 5.70 Å². The van der Waals surface area contributed by atoms with Crippen LogP contribution in [0.15, 0.2) is 27.7 Å².